The van der Waals surface area contributed by atoms with Gasteiger partial charge >= 0.3 is 5.97 Å². The van der Waals surface area contributed by atoms with Crippen LogP contribution < -0.4 is 4.74 Å². The molecule has 3 heteroatoms. The molecule has 0 spiro atoms. The van der Waals surface area contributed by atoms with Crippen LogP contribution in [-0.4, -0.2) is 17.7 Å². The summed E-state index contributed by atoms with van der Waals surface area (Å²) >= 11 is 0. The second-order valence-electron chi connectivity index (χ2n) is 4.88. The predicted molar refractivity (Wildman–Crippen MR) is 78.2 cm³/mol. The number of carboxylic acid groups (broad SMARTS) is 1. The van der Waals surface area contributed by atoms with Crippen molar-refractivity contribution in [3.63, 3.8) is 0 Å². The summed E-state index contributed by atoms with van der Waals surface area (Å²) in [4.78, 5) is 11.4. The van der Waals surface area contributed by atoms with E-state index in [0.29, 0.717) is 0 Å². The molecule has 0 aliphatic heterocycles. The van der Waals surface area contributed by atoms with E-state index in [1.165, 1.54) is 0 Å². The van der Waals surface area contributed by atoms with E-state index < -0.39 is 11.9 Å². The number of aliphatic carboxylic acids is 1. The Balaban J connectivity index is 2.12. The third-order valence-electron chi connectivity index (χ3n) is 3.24. The summed E-state index contributed by atoms with van der Waals surface area (Å²) in [6.07, 6.45) is 0. The van der Waals surface area contributed by atoms with Crippen LogP contribution >= 0.6 is 0 Å². The number of hydrogen-bond acceptors (Lipinski definition) is 2. The Morgan fingerprint density at radius 1 is 1.15 bits per heavy atom. The lowest BCUT2D eigenvalue weighted by Crippen LogP contribution is -2.19. The zero-order valence-electron chi connectivity index (χ0n) is 11.7. The van der Waals surface area contributed by atoms with Gasteiger partial charge in [0.1, 0.15) is 18.3 Å². The maximum absolute atomic E-state index is 11.4. The van der Waals surface area contributed by atoms with Gasteiger partial charge in [-0.3, -0.25) is 4.79 Å². The molecule has 0 aliphatic carbocycles. The zero-order chi connectivity index (χ0) is 14.5. The number of carbonyl (C=O) groups is 1. The Morgan fingerprint density at radius 2 is 1.85 bits per heavy atom. The largest absolute Gasteiger partial charge is 0.492 e. The fourth-order valence-electron chi connectivity index (χ4n) is 2.13. The van der Waals surface area contributed by atoms with Crippen molar-refractivity contribution in [2.24, 2.45) is 0 Å². The zero-order valence-corrected chi connectivity index (χ0v) is 11.7. The minimum absolute atomic E-state index is 0.128. The predicted octanol–water partition coefficient (Wildman–Crippen LogP) is 3.55. The molecular weight excluding hydrogens is 252 g/mol. The molecule has 20 heavy (non-hydrogen) atoms. The van der Waals surface area contributed by atoms with Crippen molar-refractivity contribution in [2.75, 3.05) is 6.61 Å². The van der Waals surface area contributed by atoms with Gasteiger partial charge in [-0.1, -0.05) is 48.0 Å². The molecule has 0 heterocycles. The number of aryl methyl sites for hydroxylation is 2. The topological polar surface area (TPSA) is 46.5 Å². The van der Waals surface area contributed by atoms with E-state index in [1.807, 2.05) is 62.4 Å². The van der Waals surface area contributed by atoms with Gasteiger partial charge in [0, 0.05) is 0 Å². The van der Waals surface area contributed by atoms with Crippen LogP contribution in [0.1, 0.15) is 22.6 Å². The summed E-state index contributed by atoms with van der Waals surface area (Å²) in [6, 6.07) is 15.0. The molecule has 0 aliphatic rings. The summed E-state index contributed by atoms with van der Waals surface area (Å²) in [5.74, 6) is -0.796. The molecule has 0 fully saturated rings. The summed E-state index contributed by atoms with van der Waals surface area (Å²) in [5.41, 5.74) is 2.93. The first kappa shape index (κ1) is 14.1. The van der Waals surface area contributed by atoms with E-state index in [4.69, 9.17) is 4.74 Å². The second kappa shape index (κ2) is 6.24. The maximum Gasteiger partial charge on any atom is 0.314 e. The molecule has 1 atom stereocenters. The van der Waals surface area contributed by atoms with Crippen molar-refractivity contribution in [3.8, 4) is 5.75 Å². The van der Waals surface area contributed by atoms with Crippen molar-refractivity contribution in [1.29, 1.82) is 0 Å². The van der Waals surface area contributed by atoms with Crippen molar-refractivity contribution >= 4 is 5.97 Å². The molecule has 104 valence electrons. The average molecular weight is 270 g/mol. The van der Waals surface area contributed by atoms with E-state index in [9.17, 15) is 9.90 Å². The van der Waals surface area contributed by atoms with Crippen molar-refractivity contribution in [3.05, 3.63) is 65.2 Å². The van der Waals surface area contributed by atoms with Crippen LogP contribution in [0.3, 0.4) is 0 Å². The number of benzene rings is 2. The highest BCUT2D eigenvalue weighted by atomic mass is 16.5. The first-order valence-electron chi connectivity index (χ1n) is 6.55. The van der Waals surface area contributed by atoms with Gasteiger partial charge in [-0.2, -0.15) is 0 Å². The van der Waals surface area contributed by atoms with Gasteiger partial charge in [0.25, 0.3) is 0 Å². The molecule has 0 radical (unpaired) electrons. The van der Waals surface area contributed by atoms with Gasteiger partial charge in [0.05, 0.1) is 0 Å². The minimum atomic E-state index is -0.874. The first-order chi connectivity index (χ1) is 9.58. The number of ether oxygens (including phenoxy) is 1. The fourth-order valence-corrected chi connectivity index (χ4v) is 2.13. The number of rotatable bonds is 5. The van der Waals surface area contributed by atoms with Gasteiger partial charge in [-0.25, -0.2) is 0 Å². The highest BCUT2D eigenvalue weighted by Gasteiger charge is 2.20. The van der Waals surface area contributed by atoms with Crippen molar-refractivity contribution in [2.45, 2.75) is 19.8 Å². The third-order valence-corrected chi connectivity index (χ3v) is 3.24. The summed E-state index contributed by atoms with van der Waals surface area (Å²) in [5, 5.41) is 9.34. The summed E-state index contributed by atoms with van der Waals surface area (Å²) in [6.45, 7) is 4.10. The quantitative estimate of drug-likeness (QED) is 0.903. The highest BCUT2D eigenvalue weighted by Crippen LogP contribution is 2.22. The van der Waals surface area contributed by atoms with Gasteiger partial charge < -0.3 is 9.84 Å². The molecule has 3 nitrogen and oxygen atoms in total. The minimum Gasteiger partial charge on any atom is -0.492 e. The van der Waals surface area contributed by atoms with Crippen LogP contribution in [0.5, 0.6) is 5.75 Å². The van der Waals surface area contributed by atoms with Gasteiger partial charge in [0.2, 0.25) is 0 Å². The Bertz CT molecular complexity index is 590. The third kappa shape index (κ3) is 3.38. The molecule has 0 aromatic heterocycles. The van der Waals surface area contributed by atoms with Crippen LogP contribution in [0.2, 0.25) is 0 Å². The van der Waals surface area contributed by atoms with E-state index in [0.717, 1.165) is 22.4 Å². The van der Waals surface area contributed by atoms with Crippen molar-refractivity contribution < 1.29 is 14.6 Å². The molecule has 2 rings (SSSR count). The molecule has 0 bridgehead atoms. The Morgan fingerprint density at radius 3 is 2.45 bits per heavy atom. The molecule has 0 saturated carbocycles. The molecule has 1 unspecified atom stereocenters. The summed E-state index contributed by atoms with van der Waals surface area (Å²) < 4.78 is 5.69. The molecule has 1 N–H and O–H groups in total. The normalized spacial score (nSPS) is 11.9. The lowest BCUT2D eigenvalue weighted by molar-refractivity contribution is -0.139. The number of carboxylic acids is 1. The Hall–Kier alpha value is -2.29. The monoisotopic (exact) mass is 270 g/mol. The van der Waals surface area contributed by atoms with Crippen LogP contribution in [-0.2, 0) is 4.79 Å². The van der Waals surface area contributed by atoms with E-state index in [1.54, 1.807) is 0 Å². The molecule has 0 saturated heterocycles. The van der Waals surface area contributed by atoms with Gasteiger partial charge in [0.15, 0.2) is 0 Å². The van der Waals surface area contributed by atoms with Gasteiger partial charge in [-0.15, -0.1) is 0 Å². The second-order valence-corrected chi connectivity index (χ2v) is 4.88. The number of hydrogen-bond donors (Lipinski definition) is 1. The smallest absolute Gasteiger partial charge is 0.314 e. The molecule has 2 aromatic carbocycles. The lowest BCUT2D eigenvalue weighted by Gasteiger charge is -2.15. The van der Waals surface area contributed by atoms with E-state index in [-0.39, 0.29) is 6.61 Å². The maximum atomic E-state index is 11.4. The first-order valence-corrected chi connectivity index (χ1v) is 6.55. The molecule has 0 amide bonds. The van der Waals surface area contributed by atoms with Crippen LogP contribution in [0.15, 0.2) is 48.5 Å². The average Bonchev–Trinajstić information content (AvgIpc) is 2.42. The Kier molecular flexibility index (Phi) is 4.41. The van der Waals surface area contributed by atoms with Crippen LogP contribution in [0, 0.1) is 13.8 Å². The molecule has 2 aromatic rings. The van der Waals surface area contributed by atoms with Crippen molar-refractivity contribution in [1.82, 2.24) is 0 Å². The van der Waals surface area contributed by atoms with Gasteiger partial charge in [-0.05, 0) is 31.0 Å². The lowest BCUT2D eigenvalue weighted by atomic mass is 10.0. The van der Waals surface area contributed by atoms with Crippen LogP contribution in [0.4, 0.5) is 0 Å². The molecular formula is C17H18O3. The fraction of sp³-hybridized carbons (Fsp3) is 0.235. The highest BCUT2D eigenvalue weighted by molar-refractivity contribution is 5.76. The Labute approximate surface area is 118 Å². The summed E-state index contributed by atoms with van der Waals surface area (Å²) in [7, 11) is 0. The van der Waals surface area contributed by atoms with E-state index >= 15 is 0 Å². The van der Waals surface area contributed by atoms with Crippen LogP contribution in [0.25, 0.3) is 0 Å². The SMILES string of the molecule is Cc1ccc(OCC(C(=O)O)c2ccccc2)c(C)c1. The van der Waals surface area contributed by atoms with E-state index in [2.05, 4.69) is 0 Å². The standard InChI is InChI=1S/C17H18O3/c1-12-8-9-16(13(2)10-12)20-11-15(17(18)19)14-6-4-3-5-7-14/h3-10,15H,11H2,1-2H3,(H,18,19).